The van der Waals surface area contributed by atoms with E-state index in [0.29, 0.717) is 5.92 Å². The molecule has 0 aliphatic rings. The lowest BCUT2D eigenvalue weighted by Gasteiger charge is -2.22. The molecular weight excluding hydrogens is 200 g/mol. The lowest BCUT2D eigenvalue weighted by atomic mass is 9.97. The van der Waals surface area contributed by atoms with Crippen LogP contribution in [-0.4, -0.2) is 14.8 Å². The van der Waals surface area contributed by atoms with Crippen LogP contribution in [0.25, 0.3) is 0 Å². The molecule has 4 nitrogen and oxygen atoms in total. The lowest BCUT2D eigenvalue weighted by molar-refractivity contribution is 0.401. The van der Waals surface area contributed by atoms with Crippen molar-refractivity contribution in [2.45, 2.75) is 52.5 Å². The molecular formula is C12H24N4. The van der Waals surface area contributed by atoms with Crippen LogP contribution >= 0.6 is 0 Å². The van der Waals surface area contributed by atoms with Crippen LogP contribution in [0.3, 0.4) is 0 Å². The van der Waals surface area contributed by atoms with Crippen molar-refractivity contribution in [2.75, 3.05) is 0 Å². The van der Waals surface area contributed by atoms with Gasteiger partial charge in [0, 0.05) is 13.5 Å². The molecule has 0 aromatic carbocycles. The van der Waals surface area contributed by atoms with Crippen LogP contribution in [0.15, 0.2) is 0 Å². The highest BCUT2D eigenvalue weighted by atomic mass is 15.3. The molecule has 1 aromatic heterocycles. The fourth-order valence-electron chi connectivity index (χ4n) is 2.02. The Morgan fingerprint density at radius 2 is 2.06 bits per heavy atom. The maximum atomic E-state index is 6.27. The summed E-state index contributed by atoms with van der Waals surface area (Å²) in [6, 6.07) is 0. The minimum Gasteiger partial charge on any atom is -0.319 e. The second-order valence-corrected chi connectivity index (χ2v) is 5.24. The van der Waals surface area contributed by atoms with Gasteiger partial charge in [-0.25, -0.2) is 4.98 Å². The van der Waals surface area contributed by atoms with Gasteiger partial charge in [-0.3, -0.25) is 4.68 Å². The predicted molar refractivity (Wildman–Crippen MR) is 66.0 cm³/mol. The van der Waals surface area contributed by atoms with E-state index in [1.54, 1.807) is 0 Å². The molecule has 1 unspecified atom stereocenters. The summed E-state index contributed by atoms with van der Waals surface area (Å²) in [5, 5.41) is 4.42. The van der Waals surface area contributed by atoms with Crippen molar-refractivity contribution in [1.29, 1.82) is 0 Å². The van der Waals surface area contributed by atoms with E-state index in [1.165, 1.54) is 0 Å². The third kappa shape index (κ3) is 3.04. The molecule has 0 spiro atoms. The molecule has 1 aromatic rings. The van der Waals surface area contributed by atoms with Crippen molar-refractivity contribution in [2.24, 2.45) is 18.7 Å². The highest BCUT2D eigenvalue weighted by Gasteiger charge is 2.26. The van der Waals surface area contributed by atoms with Crippen LogP contribution in [0.1, 0.15) is 52.2 Å². The first-order valence-electron chi connectivity index (χ1n) is 6.06. The van der Waals surface area contributed by atoms with Gasteiger partial charge >= 0.3 is 0 Å². The van der Waals surface area contributed by atoms with E-state index in [9.17, 15) is 0 Å². The number of hydrogen-bond acceptors (Lipinski definition) is 3. The molecule has 1 rings (SSSR count). The van der Waals surface area contributed by atoms with Gasteiger partial charge in [-0.05, 0) is 19.3 Å². The molecule has 0 amide bonds. The highest BCUT2D eigenvalue weighted by molar-refractivity contribution is 5.05. The summed E-state index contributed by atoms with van der Waals surface area (Å²) in [7, 11) is 1.92. The van der Waals surface area contributed by atoms with Gasteiger partial charge in [-0.2, -0.15) is 5.10 Å². The molecule has 0 radical (unpaired) electrons. The molecule has 1 heterocycles. The lowest BCUT2D eigenvalue weighted by Crippen LogP contribution is -2.35. The number of aryl methyl sites for hydroxylation is 1. The Bertz CT molecular complexity index is 339. The summed E-state index contributed by atoms with van der Waals surface area (Å²) in [6.07, 6.45) is 2.90. The highest BCUT2D eigenvalue weighted by Crippen LogP contribution is 2.21. The van der Waals surface area contributed by atoms with Crippen molar-refractivity contribution < 1.29 is 0 Å². The van der Waals surface area contributed by atoms with Gasteiger partial charge in [0.1, 0.15) is 5.82 Å². The Labute approximate surface area is 98.2 Å². The molecule has 4 heteroatoms. The van der Waals surface area contributed by atoms with E-state index in [4.69, 9.17) is 5.73 Å². The van der Waals surface area contributed by atoms with Crippen LogP contribution < -0.4 is 5.73 Å². The molecule has 16 heavy (non-hydrogen) atoms. The van der Waals surface area contributed by atoms with Gasteiger partial charge in [0.2, 0.25) is 0 Å². The number of nitrogens with zero attached hydrogens (tertiary/aromatic N) is 3. The van der Waals surface area contributed by atoms with E-state index < -0.39 is 0 Å². The average molecular weight is 224 g/mol. The molecule has 0 aliphatic heterocycles. The Morgan fingerprint density at radius 3 is 2.56 bits per heavy atom. The van der Waals surface area contributed by atoms with Crippen molar-refractivity contribution in [3.63, 3.8) is 0 Å². The summed E-state index contributed by atoms with van der Waals surface area (Å²) in [6.45, 7) is 8.50. The molecule has 0 saturated carbocycles. The minimum absolute atomic E-state index is 0.369. The number of aromatic nitrogens is 3. The topological polar surface area (TPSA) is 56.7 Å². The van der Waals surface area contributed by atoms with E-state index in [1.807, 2.05) is 18.7 Å². The number of nitrogens with two attached hydrogens (primary N) is 1. The quantitative estimate of drug-likeness (QED) is 0.832. The van der Waals surface area contributed by atoms with E-state index >= 15 is 0 Å². The average Bonchev–Trinajstić information content (AvgIpc) is 2.45. The summed E-state index contributed by atoms with van der Waals surface area (Å²) in [5.74, 6) is 2.37. The van der Waals surface area contributed by atoms with Crippen molar-refractivity contribution >= 4 is 0 Å². The SMILES string of the molecule is CCCC(C)(N)c1nc(CC(C)C)nn1C. The molecule has 92 valence electrons. The van der Waals surface area contributed by atoms with Gasteiger partial charge in [0.05, 0.1) is 5.54 Å². The zero-order valence-electron chi connectivity index (χ0n) is 11.1. The second kappa shape index (κ2) is 4.95. The Balaban J connectivity index is 2.92. The summed E-state index contributed by atoms with van der Waals surface area (Å²) < 4.78 is 1.83. The Hall–Kier alpha value is -0.900. The molecule has 0 fully saturated rings. The maximum absolute atomic E-state index is 6.27. The monoisotopic (exact) mass is 224 g/mol. The maximum Gasteiger partial charge on any atom is 0.151 e. The third-order valence-electron chi connectivity index (χ3n) is 2.68. The smallest absolute Gasteiger partial charge is 0.151 e. The van der Waals surface area contributed by atoms with E-state index in [-0.39, 0.29) is 5.54 Å². The normalized spacial score (nSPS) is 15.4. The fourth-order valence-corrected chi connectivity index (χ4v) is 2.02. The van der Waals surface area contributed by atoms with Crippen LogP contribution in [0, 0.1) is 5.92 Å². The third-order valence-corrected chi connectivity index (χ3v) is 2.68. The molecule has 2 N–H and O–H groups in total. The first-order valence-corrected chi connectivity index (χ1v) is 6.06. The van der Waals surface area contributed by atoms with Gasteiger partial charge < -0.3 is 5.73 Å². The summed E-state index contributed by atoms with van der Waals surface area (Å²) in [4.78, 5) is 4.57. The minimum atomic E-state index is -0.369. The Morgan fingerprint density at radius 1 is 1.44 bits per heavy atom. The molecule has 0 bridgehead atoms. The first kappa shape index (κ1) is 13.2. The second-order valence-electron chi connectivity index (χ2n) is 5.24. The van der Waals surface area contributed by atoms with E-state index in [0.717, 1.165) is 30.9 Å². The van der Waals surface area contributed by atoms with Gasteiger partial charge in [0.25, 0.3) is 0 Å². The van der Waals surface area contributed by atoms with Crippen LogP contribution in [0.5, 0.6) is 0 Å². The van der Waals surface area contributed by atoms with Crippen molar-refractivity contribution in [3.05, 3.63) is 11.6 Å². The molecule has 0 aliphatic carbocycles. The largest absolute Gasteiger partial charge is 0.319 e. The predicted octanol–water partition coefficient (Wildman–Crippen LogP) is 1.99. The number of hydrogen-bond donors (Lipinski definition) is 1. The van der Waals surface area contributed by atoms with Crippen LogP contribution in [0.4, 0.5) is 0 Å². The van der Waals surface area contributed by atoms with Crippen LogP contribution in [-0.2, 0) is 19.0 Å². The fraction of sp³-hybridized carbons (Fsp3) is 0.833. The Kier molecular flexibility index (Phi) is 4.08. The van der Waals surface area contributed by atoms with Crippen LogP contribution in [0.2, 0.25) is 0 Å². The first-order chi connectivity index (χ1) is 7.36. The molecule has 1 atom stereocenters. The summed E-state index contributed by atoms with van der Waals surface area (Å²) in [5.41, 5.74) is 5.90. The standard InChI is InChI=1S/C12H24N4/c1-6-7-12(4,13)11-14-10(8-9(2)3)15-16(11)5/h9H,6-8,13H2,1-5H3. The van der Waals surface area contributed by atoms with Crippen molar-refractivity contribution in [1.82, 2.24) is 14.8 Å². The number of rotatable bonds is 5. The summed E-state index contributed by atoms with van der Waals surface area (Å²) >= 11 is 0. The molecule has 0 saturated heterocycles. The van der Waals surface area contributed by atoms with Gasteiger partial charge in [0.15, 0.2) is 5.82 Å². The zero-order chi connectivity index (χ0) is 12.3. The zero-order valence-corrected chi connectivity index (χ0v) is 11.1. The van der Waals surface area contributed by atoms with Gasteiger partial charge in [-0.1, -0.05) is 27.2 Å². The van der Waals surface area contributed by atoms with Crippen molar-refractivity contribution in [3.8, 4) is 0 Å². The van der Waals surface area contributed by atoms with E-state index in [2.05, 4.69) is 30.9 Å². The van der Waals surface area contributed by atoms with Gasteiger partial charge in [-0.15, -0.1) is 0 Å².